The number of methoxy groups -OCH3 is 1. The van der Waals surface area contributed by atoms with E-state index in [0.717, 1.165) is 29.6 Å². The van der Waals surface area contributed by atoms with Gasteiger partial charge in [0, 0.05) is 24.7 Å². The second-order valence-corrected chi connectivity index (χ2v) is 7.73. The minimum absolute atomic E-state index is 0.0882. The van der Waals surface area contributed by atoms with Crippen LogP contribution in [0.3, 0.4) is 0 Å². The SMILES string of the molecule is COC(=O)c1cc([N+](=O)[O-])ccc1S(=O)(=O)N1CCC[C@H](C(=O)O)[C@@H]1C. The Morgan fingerprint density at radius 3 is 2.58 bits per heavy atom. The highest BCUT2D eigenvalue weighted by atomic mass is 32.2. The summed E-state index contributed by atoms with van der Waals surface area (Å²) >= 11 is 0. The van der Waals surface area contributed by atoms with Crippen molar-refractivity contribution in [1.82, 2.24) is 4.31 Å². The minimum Gasteiger partial charge on any atom is -0.481 e. The second kappa shape index (κ2) is 7.38. The van der Waals surface area contributed by atoms with Gasteiger partial charge in [-0.3, -0.25) is 14.9 Å². The number of non-ortho nitro benzene ring substituents is 1. The maximum absolute atomic E-state index is 13.0. The summed E-state index contributed by atoms with van der Waals surface area (Å²) in [7, 11) is -3.23. The summed E-state index contributed by atoms with van der Waals surface area (Å²) in [5.41, 5.74) is -0.925. The van der Waals surface area contributed by atoms with Gasteiger partial charge in [-0.05, 0) is 25.8 Å². The van der Waals surface area contributed by atoms with E-state index in [1.807, 2.05) is 0 Å². The van der Waals surface area contributed by atoms with Crippen LogP contribution in [-0.2, 0) is 19.6 Å². The lowest BCUT2D eigenvalue weighted by Gasteiger charge is -2.36. The van der Waals surface area contributed by atoms with Crippen LogP contribution in [-0.4, -0.2) is 54.4 Å². The topological polar surface area (TPSA) is 144 Å². The van der Waals surface area contributed by atoms with E-state index in [1.165, 1.54) is 6.92 Å². The lowest BCUT2D eigenvalue weighted by molar-refractivity contribution is -0.384. The van der Waals surface area contributed by atoms with E-state index in [9.17, 15) is 33.2 Å². The number of sulfonamides is 1. The molecule has 1 aromatic rings. The first-order valence-corrected chi connectivity index (χ1v) is 9.16. The molecule has 1 aliphatic rings. The third kappa shape index (κ3) is 3.53. The Kier molecular flexibility index (Phi) is 5.62. The van der Waals surface area contributed by atoms with Gasteiger partial charge in [0.05, 0.1) is 28.4 Å². The Bertz CT molecular complexity index is 851. The number of ether oxygens (including phenoxy) is 1. The van der Waals surface area contributed by atoms with E-state index in [-0.39, 0.29) is 6.54 Å². The fraction of sp³-hybridized carbons (Fsp3) is 0.467. The Labute approximate surface area is 149 Å². The van der Waals surface area contributed by atoms with Crippen LogP contribution in [0.2, 0.25) is 0 Å². The van der Waals surface area contributed by atoms with Crippen molar-refractivity contribution in [3.05, 3.63) is 33.9 Å². The Balaban J connectivity index is 2.56. The van der Waals surface area contributed by atoms with Crippen molar-refractivity contribution in [3.63, 3.8) is 0 Å². The molecule has 0 aromatic heterocycles. The quantitative estimate of drug-likeness (QED) is 0.452. The number of nitrogens with zero attached hydrogens (tertiary/aromatic N) is 2. The third-order valence-electron chi connectivity index (χ3n) is 4.41. The molecule has 0 spiro atoms. The maximum atomic E-state index is 13.0. The number of hydrogen-bond acceptors (Lipinski definition) is 7. The molecule has 10 nitrogen and oxygen atoms in total. The van der Waals surface area contributed by atoms with Gasteiger partial charge in [-0.15, -0.1) is 0 Å². The number of carbonyl (C=O) groups is 2. The lowest BCUT2D eigenvalue weighted by atomic mass is 9.92. The standard InChI is InChI=1S/C15H18N2O8S/c1-9-11(14(18)19)4-3-7-16(9)26(23,24)13-6-5-10(17(21)22)8-12(13)15(20)25-2/h5-6,8-9,11H,3-4,7H2,1-2H3,(H,18,19)/t9-,11-/m0/s1. The highest BCUT2D eigenvalue weighted by Gasteiger charge is 2.41. The van der Waals surface area contributed by atoms with Gasteiger partial charge < -0.3 is 9.84 Å². The minimum atomic E-state index is -4.26. The summed E-state index contributed by atoms with van der Waals surface area (Å²) in [4.78, 5) is 33.0. The first-order valence-electron chi connectivity index (χ1n) is 7.72. The van der Waals surface area contributed by atoms with E-state index in [2.05, 4.69) is 4.74 Å². The Morgan fingerprint density at radius 2 is 2.04 bits per heavy atom. The lowest BCUT2D eigenvalue weighted by Crippen LogP contribution is -2.49. The molecule has 2 rings (SSSR count). The van der Waals surface area contributed by atoms with E-state index >= 15 is 0 Å². The molecule has 0 saturated carbocycles. The Morgan fingerprint density at radius 1 is 1.38 bits per heavy atom. The van der Waals surface area contributed by atoms with Gasteiger partial charge in [-0.25, -0.2) is 13.2 Å². The molecular weight excluding hydrogens is 368 g/mol. The molecule has 0 amide bonds. The molecule has 26 heavy (non-hydrogen) atoms. The van der Waals surface area contributed by atoms with Gasteiger partial charge in [-0.1, -0.05) is 0 Å². The summed E-state index contributed by atoms with van der Waals surface area (Å²) in [6, 6.07) is 1.95. The zero-order valence-electron chi connectivity index (χ0n) is 14.1. The molecule has 2 atom stereocenters. The summed E-state index contributed by atoms with van der Waals surface area (Å²) < 4.78 is 31.6. The predicted molar refractivity (Wildman–Crippen MR) is 88.1 cm³/mol. The number of carboxylic acid groups (broad SMARTS) is 1. The smallest absolute Gasteiger partial charge is 0.339 e. The van der Waals surface area contributed by atoms with E-state index in [4.69, 9.17) is 0 Å². The van der Waals surface area contributed by atoms with Gasteiger partial charge in [0.15, 0.2) is 0 Å². The second-order valence-electron chi connectivity index (χ2n) is 5.87. The molecule has 1 aromatic carbocycles. The third-order valence-corrected chi connectivity index (χ3v) is 6.46. The van der Waals surface area contributed by atoms with Crippen molar-refractivity contribution in [2.75, 3.05) is 13.7 Å². The van der Waals surface area contributed by atoms with Gasteiger partial charge in [-0.2, -0.15) is 4.31 Å². The zero-order chi connectivity index (χ0) is 19.6. The van der Waals surface area contributed by atoms with Gasteiger partial charge >= 0.3 is 11.9 Å². The van der Waals surface area contributed by atoms with Crippen molar-refractivity contribution in [2.24, 2.45) is 5.92 Å². The van der Waals surface area contributed by atoms with Crippen LogP contribution in [0.15, 0.2) is 23.1 Å². The normalized spacial score (nSPS) is 21.2. The molecule has 1 saturated heterocycles. The van der Waals surface area contributed by atoms with Crippen molar-refractivity contribution >= 4 is 27.6 Å². The molecule has 0 aliphatic carbocycles. The number of carboxylic acids is 1. The fourth-order valence-electron chi connectivity index (χ4n) is 3.03. The van der Waals surface area contributed by atoms with Crippen molar-refractivity contribution in [1.29, 1.82) is 0 Å². The average molecular weight is 386 g/mol. The number of benzene rings is 1. The number of nitro benzene ring substituents is 1. The maximum Gasteiger partial charge on any atom is 0.339 e. The predicted octanol–water partition coefficient (Wildman–Crippen LogP) is 1.26. The highest BCUT2D eigenvalue weighted by Crippen LogP contribution is 2.32. The number of aliphatic carboxylic acids is 1. The van der Waals surface area contributed by atoms with Crippen molar-refractivity contribution in [3.8, 4) is 0 Å². The van der Waals surface area contributed by atoms with Crippen molar-refractivity contribution < 1.29 is 32.8 Å². The van der Waals surface area contributed by atoms with Crippen LogP contribution in [0, 0.1) is 16.0 Å². The number of rotatable bonds is 5. The van der Waals surface area contributed by atoms with E-state index in [1.54, 1.807) is 0 Å². The average Bonchev–Trinajstić information content (AvgIpc) is 2.60. The number of hydrogen-bond donors (Lipinski definition) is 1. The molecule has 1 N–H and O–H groups in total. The number of piperidine rings is 1. The van der Waals surface area contributed by atoms with Gasteiger partial charge in [0.2, 0.25) is 10.0 Å². The monoisotopic (exact) mass is 386 g/mol. The largest absolute Gasteiger partial charge is 0.481 e. The zero-order valence-corrected chi connectivity index (χ0v) is 14.9. The summed E-state index contributed by atoms with van der Waals surface area (Å²) in [6.45, 7) is 1.57. The molecule has 0 bridgehead atoms. The summed E-state index contributed by atoms with van der Waals surface area (Å²) in [5.74, 6) is -3.01. The molecule has 11 heteroatoms. The van der Waals surface area contributed by atoms with E-state index in [0.29, 0.717) is 12.8 Å². The fourth-order valence-corrected chi connectivity index (χ4v) is 4.90. The number of nitro groups is 1. The molecular formula is C15H18N2O8S. The first-order chi connectivity index (χ1) is 12.1. The summed E-state index contributed by atoms with van der Waals surface area (Å²) in [5, 5.41) is 20.2. The highest BCUT2D eigenvalue weighted by molar-refractivity contribution is 7.89. The van der Waals surface area contributed by atoms with Gasteiger partial charge in [0.1, 0.15) is 0 Å². The van der Waals surface area contributed by atoms with Crippen LogP contribution in [0.5, 0.6) is 0 Å². The molecule has 1 heterocycles. The van der Waals surface area contributed by atoms with Crippen LogP contribution >= 0.6 is 0 Å². The number of esters is 1. The summed E-state index contributed by atoms with van der Waals surface area (Å²) in [6.07, 6.45) is 0.688. The van der Waals surface area contributed by atoms with Crippen molar-refractivity contribution in [2.45, 2.75) is 30.7 Å². The molecule has 1 fully saturated rings. The first kappa shape index (κ1) is 19.8. The molecule has 0 unspecified atom stereocenters. The Hall–Kier alpha value is -2.53. The van der Waals surface area contributed by atoms with Crippen LogP contribution in [0.1, 0.15) is 30.1 Å². The number of carbonyl (C=O) groups excluding carboxylic acids is 1. The van der Waals surface area contributed by atoms with Crippen LogP contribution in [0.25, 0.3) is 0 Å². The molecule has 0 radical (unpaired) electrons. The van der Waals surface area contributed by atoms with Crippen LogP contribution < -0.4 is 0 Å². The van der Waals surface area contributed by atoms with E-state index < -0.39 is 55.0 Å². The molecule has 1 aliphatic heterocycles. The molecule has 142 valence electrons. The van der Waals surface area contributed by atoms with Gasteiger partial charge in [0.25, 0.3) is 5.69 Å². The van der Waals surface area contributed by atoms with Crippen LogP contribution in [0.4, 0.5) is 5.69 Å².